The van der Waals surface area contributed by atoms with E-state index in [-0.39, 0.29) is 11.4 Å². The van der Waals surface area contributed by atoms with Gasteiger partial charge in [-0.05, 0) is 18.2 Å². The van der Waals surface area contributed by atoms with E-state index in [9.17, 15) is 18.5 Å². The maximum absolute atomic E-state index is 12.3. The largest absolute Gasteiger partial charge is 0.289 e. The Morgan fingerprint density at radius 2 is 1.91 bits per heavy atom. The molecular weight excluding hydrogens is 320 g/mol. The first-order valence-corrected chi connectivity index (χ1v) is 8.12. The number of para-hydroxylation sites is 1. The number of nitro groups is 1. The van der Waals surface area contributed by atoms with Crippen molar-refractivity contribution in [1.82, 2.24) is 14.3 Å². The van der Waals surface area contributed by atoms with Gasteiger partial charge in [-0.2, -0.15) is 5.10 Å². The minimum absolute atomic E-state index is 0.0120. The number of nitro benzene ring substituents is 1. The maximum atomic E-state index is 12.3. The van der Waals surface area contributed by atoms with Crippen LogP contribution in [0.15, 0.2) is 59.8 Å². The predicted octanol–water partition coefficient (Wildman–Crippen LogP) is 1.72. The lowest BCUT2D eigenvalue weighted by Crippen LogP contribution is -2.24. The molecule has 0 spiro atoms. The van der Waals surface area contributed by atoms with Gasteiger partial charge in [0, 0.05) is 24.4 Å². The van der Waals surface area contributed by atoms with Crippen LogP contribution in [0.5, 0.6) is 0 Å². The van der Waals surface area contributed by atoms with Crippen molar-refractivity contribution in [3.63, 3.8) is 0 Å². The molecule has 0 unspecified atom stereocenters. The van der Waals surface area contributed by atoms with E-state index in [2.05, 4.69) is 9.82 Å². The van der Waals surface area contributed by atoms with Gasteiger partial charge in [0.25, 0.3) is 5.69 Å². The van der Waals surface area contributed by atoms with Crippen LogP contribution >= 0.6 is 0 Å². The molecule has 2 aromatic heterocycles. The van der Waals surface area contributed by atoms with E-state index in [1.54, 1.807) is 23.0 Å². The summed E-state index contributed by atoms with van der Waals surface area (Å²) in [4.78, 5) is 9.90. The van der Waals surface area contributed by atoms with Gasteiger partial charge in [0.1, 0.15) is 0 Å². The molecule has 23 heavy (non-hydrogen) atoms. The van der Waals surface area contributed by atoms with Crippen LogP contribution in [0.4, 0.5) is 5.69 Å². The van der Waals surface area contributed by atoms with Crippen LogP contribution in [-0.4, -0.2) is 23.0 Å². The average molecular weight is 332 g/mol. The quantitative estimate of drug-likeness (QED) is 0.565. The lowest BCUT2D eigenvalue weighted by Gasteiger charge is -2.06. The first kappa shape index (κ1) is 15.1. The highest BCUT2D eigenvalue weighted by Crippen LogP contribution is 2.23. The highest BCUT2D eigenvalue weighted by molar-refractivity contribution is 7.89. The number of pyridine rings is 1. The highest BCUT2D eigenvalue weighted by Gasteiger charge is 2.25. The third-order valence-corrected chi connectivity index (χ3v) is 4.76. The van der Waals surface area contributed by atoms with Gasteiger partial charge in [-0.1, -0.05) is 18.2 Å². The summed E-state index contributed by atoms with van der Waals surface area (Å²) in [6, 6.07) is 10.7. The smallest absolute Gasteiger partial charge is 0.258 e. The van der Waals surface area contributed by atoms with E-state index in [1.165, 1.54) is 18.2 Å². The molecule has 3 rings (SSSR count). The average Bonchev–Trinajstić information content (AvgIpc) is 2.96. The van der Waals surface area contributed by atoms with Crippen molar-refractivity contribution in [1.29, 1.82) is 0 Å². The fraction of sp³-hybridized carbons (Fsp3) is 0.0714. The molecule has 1 aromatic carbocycles. The van der Waals surface area contributed by atoms with Crippen LogP contribution < -0.4 is 4.72 Å². The lowest BCUT2D eigenvalue weighted by atomic mass is 10.3. The molecule has 3 aromatic rings. The normalized spacial score (nSPS) is 11.7. The number of fused-ring (bicyclic) bond motifs is 1. The van der Waals surface area contributed by atoms with Crippen LogP contribution in [0.3, 0.4) is 0 Å². The number of nitrogens with one attached hydrogen (secondary N) is 1. The Hall–Kier alpha value is -2.78. The number of aromatic nitrogens is 2. The number of benzene rings is 1. The topological polar surface area (TPSA) is 107 Å². The Bertz CT molecular complexity index is 981. The van der Waals surface area contributed by atoms with Crippen LogP contribution in [0, 0.1) is 10.1 Å². The summed E-state index contributed by atoms with van der Waals surface area (Å²) < 4.78 is 28.7. The van der Waals surface area contributed by atoms with Crippen LogP contribution in [0.25, 0.3) is 5.52 Å². The van der Waals surface area contributed by atoms with Gasteiger partial charge in [0.05, 0.1) is 16.6 Å². The third kappa shape index (κ3) is 2.91. The van der Waals surface area contributed by atoms with E-state index in [0.717, 1.165) is 11.6 Å². The highest BCUT2D eigenvalue weighted by atomic mass is 32.2. The fourth-order valence-electron chi connectivity index (χ4n) is 2.21. The summed E-state index contributed by atoms with van der Waals surface area (Å²) in [5, 5.41) is 15.1. The van der Waals surface area contributed by atoms with Crippen molar-refractivity contribution in [2.75, 3.05) is 0 Å². The molecule has 0 aliphatic carbocycles. The van der Waals surface area contributed by atoms with Gasteiger partial charge in [0.15, 0.2) is 4.90 Å². The van der Waals surface area contributed by atoms with Gasteiger partial charge in [0.2, 0.25) is 10.0 Å². The van der Waals surface area contributed by atoms with Crippen LogP contribution in [-0.2, 0) is 16.6 Å². The zero-order valence-electron chi connectivity index (χ0n) is 11.8. The van der Waals surface area contributed by atoms with E-state index < -0.39 is 20.6 Å². The van der Waals surface area contributed by atoms with Crippen molar-refractivity contribution in [3.8, 4) is 0 Å². The lowest BCUT2D eigenvalue weighted by molar-refractivity contribution is -0.387. The summed E-state index contributed by atoms with van der Waals surface area (Å²) in [5.74, 6) is 0. The number of nitrogens with zero attached hydrogens (tertiary/aromatic N) is 3. The van der Waals surface area contributed by atoms with Gasteiger partial charge in [-0.15, -0.1) is 0 Å². The number of hydrogen-bond acceptors (Lipinski definition) is 5. The Labute approximate surface area is 131 Å². The summed E-state index contributed by atoms with van der Waals surface area (Å²) in [6.45, 7) is -0.0120. The van der Waals surface area contributed by atoms with E-state index in [1.807, 2.05) is 12.1 Å². The standard InChI is InChI=1S/C14H12N4O4S/c19-18(20)13-6-1-2-7-14(13)23(21,22)16-10-11-9-15-17-8-4-3-5-12(11)17/h1-9,16H,10H2. The minimum Gasteiger partial charge on any atom is -0.258 e. The molecule has 0 amide bonds. The van der Waals surface area contributed by atoms with E-state index in [0.29, 0.717) is 5.56 Å². The molecule has 0 aliphatic heterocycles. The Morgan fingerprint density at radius 3 is 2.70 bits per heavy atom. The second-order valence-corrected chi connectivity index (χ2v) is 6.49. The summed E-state index contributed by atoms with van der Waals surface area (Å²) in [6.07, 6.45) is 3.30. The van der Waals surface area contributed by atoms with Crippen molar-refractivity contribution in [3.05, 3.63) is 70.5 Å². The molecule has 0 saturated heterocycles. The fourth-order valence-corrected chi connectivity index (χ4v) is 3.39. The van der Waals surface area contributed by atoms with E-state index in [4.69, 9.17) is 0 Å². The monoisotopic (exact) mass is 332 g/mol. The molecule has 8 nitrogen and oxygen atoms in total. The van der Waals surface area contributed by atoms with Crippen LogP contribution in [0.2, 0.25) is 0 Å². The number of sulfonamides is 1. The third-order valence-electron chi connectivity index (χ3n) is 3.31. The zero-order chi connectivity index (χ0) is 16.4. The Kier molecular flexibility index (Phi) is 3.80. The maximum Gasteiger partial charge on any atom is 0.289 e. The minimum atomic E-state index is -4.01. The van der Waals surface area contributed by atoms with Crippen molar-refractivity contribution in [2.24, 2.45) is 0 Å². The van der Waals surface area contributed by atoms with Crippen LogP contribution in [0.1, 0.15) is 5.56 Å². The Morgan fingerprint density at radius 1 is 1.17 bits per heavy atom. The number of rotatable bonds is 5. The molecule has 0 aliphatic rings. The van der Waals surface area contributed by atoms with Gasteiger partial charge in [-0.3, -0.25) is 10.1 Å². The van der Waals surface area contributed by atoms with Crippen molar-refractivity contribution >= 4 is 21.2 Å². The molecule has 0 fully saturated rings. The van der Waals surface area contributed by atoms with E-state index >= 15 is 0 Å². The van der Waals surface area contributed by atoms with Gasteiger partial charge < -0.3 is 0 Å². The molecule has 1 N–H and O–H groups in total. The van der Waals surface area contributed by atoms with Crippen molar-refractivity contribution < 1.29 is 13.3 Å². The predicted molar refractivity (Wildman–Crippen MR) is 82.3 cm³/mol. The first-order chi connectivity index (χ1) is 11.0. The summed E-state index contributed by atoms with van der Waals surface area (Å²) >= 11 is 0. The second kappa shape index (κ2) is 5.78. The molecule has 0 bridgehead atoms. The molecular formula is C14H12N4O4S. The molecule has 2 heterocycles. The number of hydrogen-bond donors (Lipinski definition) is 1. The summed E-state index contributed by atoms with van der Waals surface area (Å²) in [7, 11) is -4.01. The van der Waals surface area contributed by atoms with Gasteiger partial charge >= 0.3 is 0 Å². The van der Waals surface area contributed by atoms with Crippen molar-refractivity contribution in [2.45, 2.75) is 11.4 Å². The Balaban J connectivity index is 1.89. The first-order valence-electron chi connectivity index (χ1n) is 6.63. The molecule has 0 atom stereocenters. The van der Waals surface area contributed by atoms with Gasteiger partial charge in [-0.25, -0.2) is 17.7 Å². The molecule has 9 heteroatoms. The zero-order valence-corrected chi connectivity index (χ0v) is 12.6. The SMILES string of the molecule is O=[N+]([O-])c1ccccc1S(=O)(=O)NCc1cnn2ccccc12. The molecule has 0 saturated carbocycles. The molecule has 118 valence electrons. The second-order valence-electron chi connectivity index (χ2n) is 4.75. The molecule has 0 radical (unpaired) electrons. The summed E-state index contributed by atoms with van der Waals surface area (Å²) in [5.41, 5.74) is 0.977.